The number of ether oxygens (including phenoxy) is 1. The first-order chi connectivity index (χ1) is 5.20. The number of nitrogens with one attached hydrogen (secondary N) is 1. The van der Waals surface area contributed by atoms with Crippen molar-refractivity contribution in [3.05, 3.63) is 0 Å². The first-order valence-corrected chi connectivity index (χ1v) is 3.12. The Hall–Kier alpha value is -1.30. The second-order valence-electron chi connectivity index (χ2n) is 1.65. The number of nitrogens with zero attached hydrogens (tertiary/aromatic N) is 1. The summed E-state index contributed by atoms with van der Waals surface area (Å²) in [6, 6.07) is 0. The topological polar surface area (TPSA) is 103 Å². The van der Waals surface area contributed by atoms with E-state index in [4.69, 9.17) is 11.6 Å². The molecular weight excluding hydrogens is 148 g/mol. The molecule has 11 heavy (non-hydrogen) atoms. The average Bonchev–Trinajstić information content (AvgIpc) is 2.01. The van der Waals surface area contributed by atoms with Gasteiger partial charge in [-0.15, -0.1) is 0 Å². The predicted molar refractivity (Wildman–Crippen MR) is 40.4 cm³/mol. The van der Waals surface area contributed by atoms with E-state index in [-0.39, 0.29) is 12.5 Å². The van der Waals surface area contributed by atoms with E-state index in [0.717, 1.165) is 0 Å². The van der Waals surface area contributed by atoms with Crippen LogP contribution in [0.15, 0.2) is 4.99 Å². The summed E-state index contributed by atoms with van der Waals surface area (Å²) < 4.78 is 4.57. The van der Waals surface area contributed by atoms with Gasteiger partial charge >= 0.3 is 5.97 Å². The molecule has 0 radical (unpaired) electrons. The highest BCUT2D eigenvalue weighted by molar-refractivity contribution is 5.81. The number of esters is 1. The van der Waals surface area contributed by atoms with Crippen molar-refractivity contribution < 1.29 is 9.53 Å². The highest BCUT2D eigenvalue weighted by Crippen LogP contribution is 1.78. The monoisotopic (exact) mass is 160 g/mol. The smallest absolute Gasteiger partial charge is 0.327 e. The Balaban J connectivity index is 3.60. The van der Waals surface area contributed by atoms with Crippen LogP contribution in [0.4, 0.5) is 0 Å². The van der Waals surface area contributed by atoms with Crippen molar-refractivity contribution in [2.24, 2.45) is 16.6 Å². The molecule has 0 aliphatic heterocycles. The van der Waals surface area contributed by atoms with Gasteiger partial charge in [0.1, 0.15) is 6.54 Å². The Morgan fingerprint density at radius 2 is 2.36 bits per heavy atom. The number of aliphatic imine (C=N–C) groups is 1. The molecule has 6 heteroatoms. The van der Waals surface area contributed by atoms with Crippen molar-refractivity contribution in [1.82, 2.24) is 5.43 Å². The van der Waals surface area contributed by atoms with Crippen LogP contribution in [0.3, 0.4) is 0 Å². The van der Waals surface area contributed by atoms with E-state index in [1.54, 1.807) is 6.92 Å². The molecule has 0 aromatic heterocycles. The fourth-order valence-electron chi connectivity index (χ4n) is 0.402. The first kappa shape index (κ1) is 9.70. The highest BCUT2D eigenvalue weighted by atomic mass is 16.5. The number of carbonyl (C=O) groups excluding carboxylic acids is 1. The summed E-state index contributed by atoms with van der Waals surface area (Å²) in [7, 11) is 0. The van der Waals surface area contributed by atoms with Gasteiger partial charge in [0.2, 0.25) is 5.96 Å². The van der Waals surface area contributed by atoms with Crippen LogP contribution in [-0.2, 0) is 9.53 Å². The molecule has 0 saturated carbocycles. The minimum Gasteiger partial charge on any atom is -0.465 e. The molecule has 0 aromatic carbocycles. The van der Waals surface area contributed by atoms with Crippen molar-refractivity contribution in [3.63, 3.8) is 0 Å². The van der Waals surface area contributed by atoms with Gasteiger partial charge in [-0.25, -0.2) is 10.8 Å². The van der Waals surface area contributed by atoms with Crippen molar-refractivity contribution in [3.8, 4) is 0 Å². The van der Waals surface area contributed by atoms with Gasteiger partial charge in [-0.2, -0.15) is 0 Å². The van der Waals surface area contributed by atoms with E-state index in [9.17, 15) is 4.79 Å². The molecule has 0 bridgehead atoms. The van der Waals surface area contributed by atoms with Crippen LogP contribution < -0.4 is 17.0 Å². The summed E-state index contributed by atoms with van der Waals surface area (Å²) in [5, 5.41) is 0. The third-order valence-electron chi connectivity index (χ3n) is 0.832. The Morgan fingerprint density at radius 1 is 1.73 bits per heavy atom. The maximum Gasteiger partial charge on any atom is 0.327 e. The zero-order valence-corrected chi connectivity index (χ0v) is 6.33. The van der Waals surface area contributed by atoms with Gasteiger partial charge in [0.05, 0.1) is 6.61 Å². The van der Waals surface area contributed by atoms with E-state index in [1.165, 1.54) is 0 Å². The van der Waals surface area contributed by atoms with Gasteiger partial charge in [0.25, 0.3) is 0 Å². The van der Waals surface area contributed by atoms with Crippen molar-refractivity contribution >= 4 is 11.9 Å². The molecule has 0 fully saturated rings. The highest BCUT2D eigenvalue weighted by Gasteiger charge is 1.98. The molecule has 5 N–H and O–H groups in total. The second-order valence-corrected chi connectivity index (χ2v) is 1.65. The molecule has 0 rings (SSSR count). The normalized spacial score (nSPS) is 10.9. The van der Waals surface area contributed by atoms with E-state index < -0.39 is 5.97 Å². The van der Waals surface area contributed by atoms with Crippen LogP contribution >= 0.6 is 0 Å². The maximum absolute atomic E-state index is 10.6. The molecule has 0 aliphatic carbocycles. The minimum absolute atomic E-state index is 0.0121. The quantitative estimate of drug-likeness (QED) is 0.150. The van der Waals surface area contributed by atoms with E-state index in [1.807, 2.05) is 0 Å². The average molecular weight is 160 g/mol. The second kappa shape index (κ2) is 5.48. The standard InChI is InChI=1S/C5H12N4O2/c1-2-11-4(10)3-8-5(6)9-7/h2-3,7H2,1H3,(H3,6,8,9). The molecule has 6 nitrogen and oxygen atoms in total. The maximum atomic E-state index is 10.6. The van der Waals surface area contributed by atoms with Crippen LogP contribution in [0.2, 0.25) is 0 Å². The summed E-state index contributed by atoms with van der Waals surface area (Å²) in [5.41, 5.74) is 7.21. The Labute approximate surface area is 64.6 Å². The zero-order valence-electron chi connectivity index (χ0n) is 6.33. The predicted octanol–water partition coefficient (Wildman–Crippen LogP) is -1.67. The van der Waals surface area contributed by atoms with Crippen LogP contribution in [0.5, 0.6) is 0 Å². The summed E-state index contributed by atoms with van der Waals surface area (Å²) in [4.78, 5) is 14.2. The molecule has 0 saturated heterocycles. The molecule has 0 heterocycles. The molecule has 0 unspecified atom stereocenters. The lowest BCUT2D eigenvalue weighted by atomic mass is 10.6. The Morgan fingerprint density at radius 3 is 2.82 bits per heavy atom. The zero-order chi connectivity index (χ0) is 8.69. The largest absolute Gasteiger partial charge is 0.465 e. The fraction of sp³-hybridized carbons (Fsp3) is 0.600. The fourth-order valence-corrected chi connectivity index (χ4v) is 0.402. The lowest BCUT2D eigenvalue weighted by Crippen LogP contribution is -2.37. The molecule has 0 atom stereocenters. The third kappa shape index (κ3) is 5.16. The summed E-state index contributed by atoms with van der Waals surface area (Å²) in [6.07, 6.45) is 0. The van der Waals surface area contributed by atoms with Gasteiger partial charge < -0.3 is 10.5 Å². The first-order valence-electron chi connectivity index (χ1n) is 3.12. The van der Waals surface area contributed by atoms with Crippen molar-refractivity contribution in [1.29, 1.82) is 0 Å². The minimum atomic E-state index is -0.425. The number of guanidine groups is 1. The van der Waals surface area contributed by atoms with Gasteiger partial charge in [-0.3, -0.25) is 10.2 Å². The number of rotatable bonds is 3. The molecule has 0 amide bonds. The van der Waals surface area contributed by atoms with Crippen LogP contribution in [-0.4, -0.2) is 25.1 Å². The third-order valence-corrected chi connectivity index (χ3v) is 0.832. The van der Waals surface area contributed by atoms with E-state index in [0.29, 0.717) is 6.61 Å². The molecule has 0 aliphatic rings. The number of nitrogens with two attached hydrogens (primary N) is 2. The number of carbonyl (C=O) groups is 1. The van der Waals surface area contributed by atoms with Gasteiger partial charge in [0, 0.05) is 0 Å². The number of hydrogen-bond donors (Lipinski definition) is 3. The number of hydrogen-bond acceptors (Lipinski definition) is 4. The Bertz CT molecular complexity index is 157. The van der Waals surface area contributed by atoms with E-state index >= 15 is 0 Å². The van der Waals surface area contributed by atoms with E-state index in [2.05, 4.69) is 15.2 Å². The van der Waals surface area contributed by atoms with Crippen LogP contribution in [0, 0.1) is 0 Å². The number of hydrazine groups is 1. The van der Waals surface area contributed by atoms with Crippen LogP contribution in [0.1, 0.15) is 6.92 Å². The molecular formula is C5H12N4O2. The summed E-state index contributed by atoms with van der Waals surface area (Å²) >= 11 is 0. The van der Waals surface area contributed by atoms with Crippen LogP contribution in [0.25, 0.3) is 0 Å². The Kier molecular flexibility index (Phi) is 4.83. The molecule has 0 spiro atoms. The summed E-state index contributed by atoms with van der Waals surface area (Å²) in [6.45, 7) is 1.94. The van der Waals surface area contributed by atoms with Gasteiger partial charge in [-0.1, -0.05) is 0 Å². The SMILES string of the molecule is CCOC(=O)CN=C(N)NN. The lowest BCUT2D eigenvalue weighted by molar-refractivity contribution is -0.141. The van der Waals surface area contributed by atoms with Gasteiger partial charge in [0.15, 0.2) is 0 Å². The lowest BCUT2D eigenvalue weighted by Gasteiger charge is -1.98. The summed E-state index contributed by atoms with van der Waals surface area (Å²) in [5.74, 6) is 4.46. The van der Waals surface area contributed by atoms with Crippen molar-refractivity contribution in [2.45, 2.75) is 6.92 Å². The van der Waals surface area contributed by atoms with Crippen molar-refractivity contribution in [2.75, 3.05) is 13.2 Å². The molecule has 64 valence electrons. The molecule has 0 aromatic rings. The van der Waals surface area contributed by atoms with Gasteiger partial charge in [-0.05, 0) is 6.92 Å².